The van der Waals surface area contributed by atoms with Crippen LogP contribution >= 0.6 is 7.37 Å². The standard InChI is InChI=1S/C17H21O4P.Li/c18-22(19,15-21-17-10-5-2-6-11-17)13-7-12-20-14-16-8-3-1-4-9-16;/h1-6,8-11H,7,12-15H2,(H,18,19);/q;+1/p-1. The molecule has 1 atom stereocenters. The van der Waals surface area contributed by atoms with Gasteiger partial charge in [-0.2, -0.15) is 0 Å². The molecular weight excluding hydrogens is 306 g/mol. The van der Waals surface area contributed by atoms with Crippen LogP contribution in [-0.2, 0) is 15.9 Å². The molecule has 0 amide bonds. The third kappa shape index (κ3) is 8.41. The van der Waals surface area contributed by atoms with Crippen molar-refractivity contribution in [3.8, 4) is 5.75 Å². The summed E-state index contributed by atoms with van der Waals surface area (Å²) in [6, 6.07) is 18.8. The molecule has 2 aromatic carbocycles. The molecule has 0 aliphatic rings. The second kappa shape index (κ2) is 10.7. The van der Waals surface area contributed by atoms with Gasteiger partial charge in [-0.1, -0.05) is 48.5 Å². The zero-order chi connectivity index (χ0) is 15.7. The van der Waals surface area contributed by atoms with Gasteiger partial charge in [0.1, 0.15) is 12.1 Å². The molecule has 0 spiro atoms. The van der Waals surface area contributed by atoms with Crippen LogP contribution in [-0.4, -0.2) is 19.1 Å². The van der Waals surface area contributed by atoms with E-state index in [-0.39, 0.29) is 31.4 Å². The fourth-order valence-electron chi connectivity index (χ4n) is 1.93. The molecule has 0 saturated heterocycles. The Bertz CT molecular complexity index is 592. The Morgan fingerprint density at radius 2 is 1.57 bits per heavy atom. The third-order valence-electron chi connectivity index (χ3n) is 3.07. The van der Waals surface area contributed by atoms with Gasteiger partial charge in [-0.15, -0.1) is 0 Å². The second-order valence-electron chi connectivity index (χ2n) is 5.02. The van der Waals surface area contributed by atoms with Crippen LogP contribution in [0.1, 0.15) is 12.0 Å². The summed E-state index contributed by atoms with van der Waals surface area (Å²) < 4.78 is 22.6. The Morgan fingerprint density at radius 1 is 0.957 bits per heavy atom. The maximum absolute atomic E-state index is 11.9. The minimum Gasteiger partial charge on any atom is -0.797 e. The van der Waals surface area contributed by atoms with Gasteiger partial charge in [-0.05, 0) is 30.3 Å². The largest absolute Gasteiger partial charge is 1.00 e. The summed E-state index contributed by atoms with van der Waals surface area (Å²) in [5, 5.41) is 0. The van der Waals surface area contributed by atoms with E-state index in [0.29, 0.717) is 25.4 Å². The molecule has 0 aliphatic carbocycles. The van der Waals surface area contributed by atoms with Gasteiger partial charge in [0.2, 0.25) is 0 Å². The predicted octanol–water partition coefficient (Wildman–Crippen LogP) is 0.272. The second-order valence-corrected chi connectivity index (χ2v) is 7.35. The van der Waals surface area contributed by atoms with Gasteiger partial charge in [-0.3, -0.25) is 0 Å². The maximum atomic E-state index is 11.9. The number of ether oxygens (including phenoxy) is 2. The van der Waals surface area contributed by atoms with Crippen molar-refractivity contribution in [3.63, 3.8) is 0 Å². The molecule has 23 heavy (non-hydrogen) atoms. The van der Waals surface area contributed by atoms with Crippen molar-refractivity contribution in [2.45, 2.75) is 13.0 Å². The summed E-state index contributed by atoms with van der Waals surface area (Å²) in [7, 11) is -3.52. The van der Waals surface area contributed by atoms with E-state index in [9.17, 15) is 9.46 Å². The van der Waals surface area contributed by atoms with Crippen molar-refractivity contribution in [3.05, 3.63) is 66.2 Å². The Balaban J connectivity index is 0.00000264. The zero-order valence-corrected chi connectivity index (χ0v) is 14.3. The van der Waals surface area contributed by atoms with Crippen LogP contribution < -0.4 is 28.5 Å². The van der Waals surface area contributed by atoms with Gasteiger partial charge in [-0.25, -0.2) is 0 Å². The first-order valence-electron chi connectivity index (χ1n) is 7.24. The van der Waals surface area contributed by atoms with Crippen LogP contribution in [0.15, 0.2) is 60.7 Å². The maximum Gasteiger partial charge on any atom is 1.00 e. The summed E-state index contributed by atoms with van der Waals surface area (Å²) in [6.45, 7) is 0.928. The molecule has 0 aliphatic heterocycles. The first-order valence-corrected chi connectivity index (χ1v) is 9.24. The summed E-state index contributed by atoms with van der Waals surface area (Å²) in [5.74, 6) is 0.568. The van der Waals surface area contributed by atoms with Crippen molar-refractivity contribution in [1.82, 2.24) is 0 Å². The van der Waals surface area contributed by atoms with E-state index in [1.807, 2.05) is 48.5 Å². The van der Waals surface area contributed by atoms with Crippen LogP contribution in [0.5, 0.6) is 5.75 Å². The average Bonchev–Trinajstić information content (AvgIpc) is 2.55. The molecule has 6 heteroatoms. The third-order valence-corrected chi connectivity index (χ3v) is 4.59. The fraction of sp³-hybridized carbons (Fsp3) is 0.294. The fourth-order valence-corrected chi connectivity index (χ4v) is 3.01. The van der Waals surface area contributed by atoms with Gasteiger partial charge in [0.05, 0.1) is 14.0 Å². The van der Waals surface area contributed by atoms with E-state index in [1.54, 1.807) is 12.1 Å². The van der Waals surface area contributed by atoms with Gasteiger partial charge < -0.3 is 18.9 Å². The Labute approximate surface area is 149 Å². The molecule has 0 saturated carbocycles. The van der Waals surface area contributed by atoms with Crippen LogP contribution in [0.25, 0.3) is 0 Å². The SMILES string of the molecule is O=P([O-])(CCCOCc1ccccc1)COc1ccccc1.[Li+]. The quantitative estimate of drug-likeness (QED) is 0.377. The van der Waals surface area contributed by atoms with Crippen LogP contribution in [0.2, 0.25) is 0 Å². The van der Waals surface area contributed by atoms with Crippen LogP contribution in [0.4, 0.5) is 0 Å². The van der Waals surface area contributed by atoms with Crippen molar-refractivity contribution in [1.29, 1.82) is 0 Å². The van der Waals surface area contributed by atoms with Gasteiger partial charge >= 0.3 is 18.9 Å². The van der Waals surface area contributed by atoms with E-state index in [1.165, 1.54) is 0 Å². The van der Waals surface area contributed by atoms with Gasteiger partial charge in [0, 0.05) is 6.61 Å². The number of hydrogen-bond acceptors (Lipinski definition) is 4. The van der Waals surface area contributed by atoms with Crippen molar-refractivity contribution < 1.29 is 37.8 Å². The molecule has 1 unspecified atom stereocenters. The summed E-state index contributed by atoms with van der Waals surface area (Å²) >= 11 is 0. The minimum atomic E-state index is -3.52. The van der Waals surface area contributed by atoms with Crippen LogP contribution in [0.3, 0.4) is 0 Å². The van der Waals surface area contributed by atoms with Crippen molar-refractivity contribution in [2.24, 2.45) is 0 Å². The zero-order valence-electron chi connectivity index (χ0n) is 13.4. The normalized spacial score (nSPS) is 12.9. The summed E-state index contributed by atoms with van der Waals surface area (Å²) in [5.41, 5.74) is 1.08. The minimum absolute atomic E-state index is 0. The number of benzene rings is 2. The molecule has 4 nitrogen and oxygen atoms in total. The Hall–Kier alpha value is -1.01. The summed E-state index contributed by atoms with van der Waals surface area (Å²) in [4.78, 5) is 11.9. The van der Waals surface area contributed by atoms with E-state index < -0.39 is 7.37 Å². The monoisotopic (exact) mass is 326 g/mol. The molecule has 2 aromatic rings. The average molecular weight is 326 g/mol. The van der Waals surface area contributed by atoms with Gasteiger partial charge in [0.25, 0.3) is 0 Å². The number of rotatable bonds is 9. The van der Waals surface area contributed by atoms with E-state index in [0.717, 1.165) is 5.56 Å². The Kier molecular flexibility index (Phi) is 9.32. The molecule has 118 valence electrons. The molecule has 0 heterocycles. The molecule has 0 N–H and O–H groups in total. The first kappa shape index (κ1) is 20.0. The topological polar surface area (TPSA) is 58.6 Å². The molecule has 0 aromatic heterocycles. The summed E-state index contributed by atoms with van der Waals surface area (Å²) in [6.07, 6.45) is 0.302. The molecule has 0 bridgehead atoms. The number of para-hydroxylation sites is 1. The smallest absolute Gasteiger partial charge is 0.797 e. The van der Waals surface area contributed by atoms with E-state index >= 15 is 0 Å². The molecular formula is C17H20LiO4P. The van der Waals surface area contributed by atoms with Crippen LogP contribution in [0, 0.1) is 0 Å². The van der Waals surface area contributed by atoms with E-state index in [4.69, 9.17) is 9.47 Å². The number of hydrogen-bond donors (Lipinski definition) is 0. The van der Waals surface area contributed by atoms with E-state index in [2.05, 4.69) is 0 Å². The first-order chi connectivity index (χ1) is 10.7. The molecule has 2 rings (SSSR count). The molecule has 0 radical (unpaired) electrons. The molecule has 0 fully saturated rings. The Morgan fingerprint density at radius 3 is 2.22 bits per heavy atom. The van der Waals surface area contributed by atoms with Crippen molar-refractivity contribution in [2.75, 3.05) is 19.1 Å². The predicted molar refractivity (Wildman–Crippen MR) is 85.1 cm³/mol. The van der Waals surface area contributed by atoms with Crippen molar-refractivity contribution >= 4 is 7.37 Å². The van der Waals surface area contributed by atoms with Gasteiger partial charge in [0.15, 0.2) is 0 Å².